The van der Waals surface area contributed by atoms with Gasteiger partial charge in [-0.05, 0) is 36.8 Å². The van der Waals surface area contributed by atoms with E-state index in [2.05, 4.69) is 25.2 Å². The number of fused-ring (bicyclic) bond motifs is 3. The lowest BCUT2D eigenvalue weighted by atomic mass is 9.88. The van der Waals surface area contributed by atoms with Gasteiger partial charge in [0, 0.05) is 79.7 Å². The van der Waals surface area contributed by atoms with Crippen LogP contribution in [0, 0.1) is 11.8 Å². The molecule has 1 saturated heterocycles. The second-order valence-electron chi connectivity index (χ2n) is 9.02. The second kappa shape index (κ2) is 9.89. The van der Waals surface area contributed by atoms with Crippen LogP contribution in [0.4, 0.5) is 0 Å². The van der Waals surface area contributed by atoms with E-state index in [-0.39, 0.29) is 36.0 Å². The Balaban J connectivity index is 1.51. The van der Waals surface area contributed by atoms with Crippen molar-refractivity contribution in [2.45, 2.75) is 38.6 Å². The molecule has 2 N–H and O–H groups in total. The lowest BCUT2D eigenvalue weighted by Crippen LogP contribution is -2.48. The lowest BCUT2D eigenvalue weighted by molar-refractivity contribution is -0.128. The molecular formula is C26H28N6O3. The highest BCUT2D eigenvalue weighted by atomic mass is 16.3. The number of likely N-dealkylation sites (tertiary alicyclic amines) is 1. The molecule has 180 valence electrons. The van der Waals surface area contributed by atoms with Crippen LogP contribution in [0.5, 0.6) is 0 Å². The van der Waals surface area contributed by atoms with Crippen molar-refractivity contribution in [1.82, 2.24) is 29.7 Å². The van der Waals surface area contributed by atoms with Crippen LogP contribution in [0.1, 0.15) is 35.3 Å². The summed E-state index contributed by atoms with van der Waals surface area (Å²) in [4.78, 5) is 41.1. The number of aliphatic hydroxyl groups is 1. The van der Waals surface area contributed by atoms with Gasteiger partial charge in [-0.25, -0.2) is 9.97 Å². The first-order chi connectivity index (χ1) is 17.1. The van der Waals surface area contributed by atoms with Gasteiger partial charge in [-0.3, -0.25) is 19.5 Å². The molecule has 3 aromatic rings. The average Bonchev–Trinajstić information content (AvgIpc) is 3.41. The van der Waals surface area contributed by atoms with Gasteiger partial charge >= 0.3 is 0 Å². The lowest BCUT2D eigenvalue weighted by Gasteiger charge is -2.30. The first-order valence-corrected chi connectivity index (χ1v) is 11.8. The summed E-state index contributed by atoms with van der Waals surface area (Å²) in [5, 5.41) is 13.5. The summed E-state index contributed by atoms with van der Waals surface area (Å²) in [6, 6.07) is 6.79. The molecule has 2 aliphatic rings. The Morgan fingerprint density at radius 2 is 1.91 bits per heavy atom. The van der Waals surface area contributed by atoms with Gasteiger partial charge in [0.05, 0.1) is 12.1 Å². The molecule has 0 aliphatic carbocycles. The standard InChI is InChI=1S/C26H28N6O3/c1-2-3-19-4-5-22-23-20(14-31(22)26(19)35)21(15-33)24(32(23)13-18-10-28-16-29-11-18)25(34)30-12-17-6-8-27-9-7-17/h2-11,16,20-21,23-24,33H,12-15H2,1H3,(H,30,34)/b3-2+/t20-,21-,23+,24-/m1/s1. The van der Waals surface area contributed by atoms with Crippen LogP contribution in [0.25, 0.3) is 6.08 Å². The highest BCUT2D eigenvalue weighted by Crippen LogP contribution is 2.49. The number of aliphatic hydroxyl groups excluding tert-OH is 1. The molecule has 5 heterocycles. The summed E-state index contributed by atoms with van der Waals surface area (Å²) < 4.78 is 1.80. The van der Waals surface area contributed by atoms with E-state index in [9.17, 15) is 14.7 Å². The van der Waals surface area contributed by atoms with Gasteiger partial charge in [0.15, 0.2) is 0 Å². The fourth-order valence-electron chi connectivity index (χ4n) is 5.52. The van der Waals surface area contributed by atoms with Crippen molar-refractivity contribution in [1.29, 1.82) is 0 Å². The molecular weight excluding hydrogens is 444 g/mol. The summed E-state index contributed by atoms with van der Waals surface area (Å²) >= 11 is 0. The Morgan fingerprint density at radius 1 is 1.14 bits per heavy atom. The molecule has 0 spiro atoms. The van der Waals surface area contributed by atoms with E-state index < -0.39 is 6.04 Å². The van der Waals surface area contributed by atoms with Crippen LogP contribution in [0.2, 0.25) is 0 Å². The fraction of sp³-hybridized carbons (Fsp3) is 0.346. The van der Waals surface area contributed by atoms with Gasteiger partial charge in [-0.15, -0.1) is 0 Å². The third-order valence-corrected chi connectivity index (χ3v) is 7.03. The van der Waals surface area contributed by atoms with Crippen molar-refractivity contribution in [2.24, 2.45) is 11.8 Å². The summed E-state index contributed by atoms with van der Waals surface area (Å²) in [6.45, 7) is 2.99. The zero-order valence-electron chi connectivity index (χ0n) is 19.5. The van der Waals surface area contributed by atoms with E-state index in [1.54, 1.807) is 29.4 Å². The Bertz CT molecular complexity index is 1280. The molecule has 3 aromatic heterocycles. The van der Waals surface area contributed by atoms with E-state index in [0.717, 1.165) is 16.8 Å². The van der Waals surface area contributed by atoms with Crippen LogP contribution >= 0.6 is 0 Å². The molecule has 0 aromatic carbocycles. The maximum atomic E-state index is 13.5. The number of carbonyl (C=O) groups excluding carboxylic acids is 1. The Kier molecular flexibility index (Phi) is 6.52. The van der Waals surface area contributed by atoms with E-state index in [0.29, 0.717) is 25.2 Å². The monoisotopic (exact) mass is 472 g/mol. The van der Waals surface area contributed by atoms with Crippen LogP contribution in [0.15, 0.2) is 66.3 Å². The Hall–Kier alpha value is -3.69. The minimum Gasteiger partial charge on any atom is -0.396 e. The number of aromatic nitrogens is 4. The third-order valence-electron chi connectivity index (χ3n) is 7.03. The maximum Gasteiger partial charge on any atom is 0.258 e. The number of carbonyl (C=O) groups is 1. The zero-order valence-corrected chi connectivity index (χ0v) is 19.5. The van der Waals surface area contributed by atoms with Crippen molar-refractivity contribution >= 4 is 12.0 Å². The van der Waals surface area contributed by atoms with Crippen molar-refractivity contribution in [3.63, 3.8) is 0 Å². The number of nitrogens with one attached hydrogen (secondary N) is 1. The Labute approximate surface area is 203 Å². The quantitative estimate of drug-likeness (QED) is 0.536. The molecule has 0 unspecified atom stereocenters. The molecule has 5 rings (SSSR count). The number of amides is 1. The minimum atomic E-state index is -0.559. The highest BCUT2D eigenvalue weighted by Gasteiger charge is 2.55. The Morgan fingerprint density at radius 3 is 2.63 bits per heavy atom. The molecule has 0 saturated carbocycles. The normalized spacial score (nSPS) is 23.4. The van der Waals surface area contributed by atoms with Crippen LogP contribution in [-0.4, -0.2) is 48.1 Å². The average molecular weight is 473 g/mol. The van der Waals surface area contributed by atoms with Crippen molar-refractivity contribution in [3.8, 4) is 0 Å². The van der Waals surface area contributed by atoms with E-state index in [1.807, 2.05) is 43.3 Å². The number of rotatable bonds is 7. The largest absolute Gasteiger partial charge is 0.396 e. The minimum absolute atomic E-state index is 0.0478. The molecule has 35 heavy (non-hydrogen) atoms. The summed E-state index contributed by atoms with van der Waals surface area (Å²) in [5.74, 6) is -0.548. The molecule has 0 radical (unpaired) electrons. The van der Waals surface area contributed by atoms with Crippen molar-refractivity contribution in [3.05, 3.63) is 94.2 Å². The summed E-state index contributed by atoms with van der Waals surface area (Å²) in [6.07, 6.45) is 12.0. The van der Waals surface area contributed by atoms with Crippen LogP contribution in [-0.2, 0) is 24.4 Å². The van der Waals surface area contributed by atoms with E-state index >= 15 is 0 Å². The number of hydrogen-bond acceptors (Lipinski definition) is 7. The zero-order chi connectivity index (χ0) is 24.4. The number of allylic oxidation sites excluding steroid dienone is 1. The first-order valence-electron chi connectivity index (χ1n) is 11.8. The summed E-state index contributed by atoms with van der Waals surface area (Å²) in [5.41, 5.74) is 3.26. The number of nitrogens with zero attached hydrogens (tertiary/aromatic N) is 5. The fourth-order valence-corrected chi connectivity index (χ4v) is 5.52. The maximum absolute atomic E-state index is 13.5. The molecule has 1 fully saturated rings. The van der Waals surface area contributed by atoms with Crippen molar-refractivity contribution < 1.29 is 9.90 Å². The van der Waals surface area contributed by atoms with Gasteiger partial charge in [0.1, 0.15) is 6.33 Å². The molecule has 1 amide bonds. The molecule has 9 nitrogen and oxygen atoms in total. The van der Waals surface area contributed by atoms with E-state index in [1.165, 1.54) is 6.33 Å². The predicted molar refractivity (Wildman–Crippen MR) is 130 cm³/mol. The topological polar surface area (TPSA) is 113 Å². The number of hydrogen-bond donors (Lipinski definition) is 2. The molecule has 9 heteroatoms. The van der Waals surface area contributed by atoms with Crippen LogP contribution in [0.3, 0.4) is 0 Å². The van der Waals surface area contributed by atoms with Gasteiger partial charge in [-0.1, -0.05) is 12.2 Å². The van der Waals surface area contributed by atoms with Crippen LogP contribution < -0.4 is 10.9 Å². The van der Waals surface area contributed by atoms with Gasteiger partial charge in [0.25, 0.3) is 5.56 Å². The first kappa shape index (κ1) is 23.1. The van der Waals surface area contributed by atoms with Gasteiger partial charge < -0.3 is 15.0 Å². The molecule has 0 bridgehead atoms. The van der Waals surface area contributed by atoms with Crippen molar-refractivity contribution in [2.75, 3.05) is 6.61 Å². The molecule has 2 aliphatic heterocycles. The third kappa shape index (κ3) is 4.28. The van der Waals surface area contributed by atoms with Gasteiger partial charge in [-0.2, -0.15) is 0 Å². The van der Waals surface area contributed by atoms with Gasteiger partial charge in [0.2, 0.25) is 5.91 Å². The highest BCUT2D eigenvalue weighted by molar-refractivity contribution is 5.82. The number of pyridine rings is 2. The predicted octanol–water partition coefficient (Wildman–Crippen LogP) is 1.55. The SMILES string of the molecule is C/C=C/c1ccc2n(c1=O)C[C@@H]1[C@@H](CO)[C@H](C(=O)NCc3ccncc3)N(Cc3cncnc3)[C@H]21. The summed E-state index contributed by atoms with van der Waals surface area (Å²) in [7, 11) is 0. The second-order valence-corrected chi connectivity index (χ2v) is 9.02. The smallest absolute Gasteiger partial charge is 0.258 e. The van der Waals surface area contributed by atoms with E-state index in [4.69, 9.17) is 0 Å². The molecule has 4 atom stereocenters.